The maximum Gasteiger partial charge on any atom is 0.387 e. The Kier molecular flexibility index (Phi) is 5.75. The number of rotatable bonds is 7. The molecule has 0 saturated carbocycles. The first kappa shape index (κ1) is 18.5. The zero-order valence-electron chi connectivity index (χ0n) is 14.3. The number of nitrogens with zero attached hydrogens (tertiary/aromatic N) is 2. The molecule has 0 bridgehead atoms. The van der Waals surface area contributed by atoms with Gasteiger partial charge in [-0.2, -0.15) is 13.9 Å². The molecular weight excluding hydrogens is 356 g/mol. The number of fused-ring (bicyclic) bond motifs is 1. The molecule has 140 valence electrons. The van der Waals surface area contributed by atoms with Crippen LogP contribution in [0.1, 0.15) is 5.56 Å². The van der Waals surface area contributed by atoms with E-state index in [1.807, 2.05) is 0 Å². The van der Waals surface area contributed by atoms with Crippen LogP contribution in [0.25, 0.3) is 10.9 Å². The van der Waals surface area contributed by atoms with E-state index in [-0.39, 0.29) is 23.6 Å². The summed E-state index contributed by atoms with van der Waals surface area (Å²) in [6.07, 6.45) is 1.73. The Hall–Kier alpha value is -3.29. The van der Waals surface area contributed by atoms with Crippen LogP contribution in [0, 0.1) is 0 Å². The maximum atomic E-state index is 12.2. The average molecular weight is 373 g/mol. The predicted molar refractivity (Wildman–Crippen MR) is 95.8 cm³/mol. The molecule has 3 rings (SSSR count). The lowest BCUT2D eigenvalue weighted by Gasteiger charge is -2.10. The Bertz CT molecular complexity index is 987. The molecule has 0 unspecified atom stereocenters. The van der Waals surface area contributed by atoms with Gasteiger partial charge in [0.15, 0.2) is 0 Å². The van der Waals surface area contributed by atoms with Gasteiger partial charge in [0.2, 0.25) is 11.3 Å². The Balaban J connectivity index is 1.55. The molecule has 0 atom stereocenters. The monoisotopic (exact) mass is 373 g/mol. The van der Waals surface area contributed by atoms with Crippen molar-refractivity contribution >= 4 is 16.8 Å². The fraction of sp³-hybridized carbons (Fsp3) is 0.211. The topological polar surface area (TPSA) is 73.2 Å². The van der Waals surface area contributed by atoms with E-state index in [0.717, 1.165) is 5.56 Å². The van der Waals surface area contributed by atoms with Crippen LogP contribution in [0.15, 0.2) is 59.5 Å². The van der Waals surface area contributed by atoms with Crippen molar-refractivity contribution in [2.45, 2.75) is 19.6 Å². The standard InChI is InChI=1S/C19H17F2N3O3/c20-19(21)27-14-7-5-13(6-8-14)9-10-22-18(26)12-24-16-4-2-1-3-15(16)17(25)11-23-24/h1-8,11,19H,9-10,12H2,(H,22,26). The second-order valence-corrected chi connectivity index (χ2v) is 5.81. The molecule has 27 heavy (non-hydrogen) atoms. The van der Waals surface area contributed by atoms with E-state index in [1.165, 1.54) is 23.0 Å². The van der Waals surface area contributed by atoms with Crippen LogP contribution in [0.5, 0.6) is 5.75 Å². The van der Waals surface area contributed by atoms with Crippen LogP contribution in [-0.2, 0) is 17.8 Å². The first-order valence-electron chi connectivity index (χ1n) is 8.28. The van der Waals surface area contributed by atoms with Crippen LogP contribution in [0.2, 0.25) is 0 Å². The highest BCUT2D eigenvalue weighted by Gasteiger charge is 2.08. The van der Waals surface area contributed by atoms with Crippen molar-refractivity contribution < 1.29 is 18.3 Å². The van der Waals surface area contributed by atoms with E-state index in [1.54, 1.807) is 36.4 Å². The minimum atomic E-state index is -2.85. The minimum Gasteiger partial charge on any atom is -0.435 e. The van der Waals surface area contributed by atoms with Gasteiger partial charge in [-0.15, -0.1) is 0 Å². The summed E-state index contributed by atoms with van der Waals surface area (Å²) >= 11 is 0. The van der Waals surface area contributed by atoms with E-state index in [2.05, 4.69) is 15.2 Å². The Morgan fingerprint density at radius 3 is 2.63 bits per heavy atom. The van der Waals surface area contributed by atoms with Crippen LogP contribution in [-0.4, -0.2) is 28.8 Å². The summed E-state index contributed by atoms with van der Waals surface area (Å²) in [5.74, 6) is -0.150. The molecule has 1 amide bonds. The molecule has 0 radical (unpaired) electrons. The summed E-state index contributed by atoms with van der Waals surface area (Å²) in [5, 5.41) is 7.30. The van der Waals surface area contributed by atoms with Gasteiger partial charge in [0.05, 0.1) is 11.7 Å². The second kappa shape index (κ2) is 8.39. The van der Waals surface area contributed by atoms with Gasteiger partial charge >= 0.3 is 6.61 Å². The normalized spacial score (nSPS) is 10.9. The molecule has 1 N–H and O–H groups in total. The molecule has 0 aliphatic carbocycles. The summed E-state index contributed by atoms with van der Waals surface area (Å²) < 4.78 is 30.0. The van der Waals surface area contributed by atoms with Crippen LogP contribution in [0.3, 0.4) is 0 Å². The van der Waals surface area contributed by atoms with E-state index in [9.17, 15) is 18.4 Å². The highest BCUT2D eigenvalue weighted by atomic mass is 19.3. The number of para-hydroxylation sites is 1. The van der Waals surface area contributed by atoms with Crippen molar-refractivity contribution in [2.75, 3.05) is 6.54 Å². The summed E-state index contributed by atoms with van der Waals surface area (Å²) in [4.78, 5) is 24.0. The number of hydrogen-bond acceptors (Lipinski definition) is 4. The van der Waals surface area contributed by atoms with Gasteiger partial charge in [-0.05, 0) is 36.2 Å². The first-order valence-corrected chi connectivity index (χ1v) is 8.28. The fourth-order valence-electron chi connectivity index (χ4n) is 2.66. The van der Waals surface area contributed by atoms with Gasteiger partial charge in [0.25, 0.3) is 0 Å². The van der Waals surface area contributed by atoms with Gasteiger partial charge < -0.3 is 10.1 Å². The SMILES string of the molecule is O=C(Cn1ncc(=O)c2ccccc21)NCCc1ccc(OC(F)F)cc1. The molecule has 0 fully saturated rings. The van der Waals surface area contributed by atoms with Crippen molar-refractivity contribution in [3.63, 3.8) is 0 Å². The molecule has 0 aliphatic heterocycles. The van der Waals surface area contributed by atoms with Gasteiger partial charge in [0, 0.05) is 11.9 Å². The van der Waals surface area contributed by atoms with Gasteiger partial charge in [0.1, 0.15) is 12.3 Å². The molecule has 0 spiro atoms. The maximum absolute atomic E-state index is 12.2. The lowest BCUT2D eigenvalue weighted by Crippen LogP contribution is -2.30. The smallest absolute Gasteiger partial charge is 0.387 e. The number of nitrogens with one attached hydrogen (secondary N) is 1. The molecule has 0 saturated heterocycles. The summed E-state index contributed by atoms with van der Waals surface area (Å²) in [5.41, 5.74) is 1.28. The van der Waals surface area contributed by atoms with Crippen LogP contribution in [0.4, 0.5) is 8.78 Å². The third kappa shape index (κ3) is 4.87. The van der Waals surface area contributed by atoms with Gasteiger partial charge in [-0.1, -0.05) is 24.3 Å². The van der Waals surface area contributed by atoms with E-state index in [4.69, 9.17) is 0 Å². The van der Waals surface area contributed by atoms with Crippen molar-refractivity contribution in [3.8, 4) is 5.75 Å². The Morgan fingerprint density at radius 2 is 1.89 bits per heavy atom. The number of halogens is 2. The van der Waals surface area contributed by atoms with Crippen molar-refractivity contribution in [3.05, 3.63) is 70.5 Å². The fourth-order valence-corrected chi connectivity index (χ4v) is 2.66. The molecule has 3 aromatic rings. The quantitative estimate of drug-likeness (QED) is 0.690. The lowest BCUT2D eigenvalue weighted by molar-refractivity contribution is -0.121. The number of ether oxygens (including phenoxy) is 1. The van der Waals surface area contributed by atoms with E-state index < -0.39 is 6.61 Å². The zero-order chi connectivity index (χ0) is 19.2. The van der Waals surface area contributed by atoms with E-state index >= 15 is 0 Å². The number of aromatic nitrogens is 2. The number of carbonyl (C=O) groups excluding carboxylic acids is 1. The number of alkyl halides is 2. The minimum absolute atomic E-state index is 0.0119. The van der Waals surface area contributed by atoms with Crippen LogP contribution < -0.4 is 15.5 Å². The van der Waals surface area contributed by atoms with Gasteiger partial charge in [-0.3, -0.25) is 14.3 Å². The predicted octanol–water partition coefficient (Wildman–Crippen LogP) is 2.36. The van der Waals surface area contributed by atoms with Crippen molar-refractivity contribution in [1.82, 2.24) is 15.1 Å². The molecular formula is C19H17F2N3O3. The second-order valence-electron chi connectivity index (χ2n) is 5.81. The first-order chi connectivity index (χ1) is 13.0. The summed E-state index contributed by atoms with van der Waals surface area (Å²) in [6.45, 7) is -2.48. The highest BCUT2D eigenvalue weighted by molar-refractivity contribution is 5.81. The third-order valence-corrected chi connectivity index (χ3v) is 3.94. The number of benzene rings is 2. The Morgan fingerprint density at radius 1 is 1.15 bits per heavy atom. The molecule has 1 aromatic heterocycles. The average Bonchev–Trinajstić information content (AvgIpc) is 2.65. The molecule has 2 aromatic carbocycles. The number of carbonyl (C=O) groups is 1. The van der Waals surface area contributed by atoms with Crippen molar-refractivity contribution in [1.29, 1.82) is 0 Å². The van der Waals surface area contributed by atoms with Crippen LogP contribution >= 0.6 is 0 Å². The zero-order valence-corrected chi connectivity index (χ0v) is 14.3. The van der Waals surface area contributed by atoms with Gasteiger partial charge in [-0.25, -0.2) is 0 Å². The molecule has 8 heteroatoms. The van der Waals surface area contributed by atoms with Crippen molar-refractivity contribution in [2.24, 2.45) is 0 Å². The summed E-state index contributed by atoms with van der Waals surface area (Å²) in [7, 11) is 0. The molecule has 1 heterocycles. The molecule has 0 aliphatic rings. The Labute approximate surface area is 153 Å². The summed E-state index contributed by atoms with van der Waals surface area (Å²) in [6, 6.07) is 13.2. The largest absolute Gasteiger partial charge is 0.435 e. The van der Waals surface area contributed by atoms with E-state index in [0.29, 0.717) is 23.9 Å². The number of amides is 1. The highest BCUT2D eigenvalue weighted by Crippen LogP contribution is 2.15. The third-order valence-electron chi connectivity index (χ3n) is 3.94. The molecule has 6 nitrogen and oxygen atoms in total. The number of hydrogen-bond donors (Lipinski definition) is 1. The lowest BCUT2D eigenvalue weighted by atomic mass is 10.1.